The molecule has 1 atom stereocenters. The Kier molecular flexibility index (Phi) is 3.36. The average Bonchev–Trinajstić information content (AvgIpc) is 2.53. The summed E-state index contributed by atoms with van der Waals surface area (Å²) in [4.78, 5) is 12.4. The van der Waals surface area contributed by atoms with Gasteiger partial charge in [-0.25, -0.2) is 0 Å². The first-order valence-electron chi connectivity index (χ1n) is 5.33. The minimum atomic E-state index is -1.62. The molecule has 0 radical (unpaired) electrons. The number of nitrogens with zero attached hydrogens (tertiary/aromatic N) is 2. The minimum absolute atomic E-state index is 0.122. The molecule has 1 aliphatic rings. The van der Waals surface area contributed by atoms with E-state index in [4.69, 9.17) is 23.2 Å². The third kappa shape index (κ3) is 2.11. The summed E-state index contributed by atoms with van der Waals surface area (Å²) < 4.78 is 0. The molecule has 1 aliphatic heterocycles. The van der Waals surface area contributed by atoms with Crippen molar-refractivity contribution in [3.8, 4) is 0 Å². The molecule has 0 amide bonds. The first-order valence-corrected chi connectivity index (χ1v) is 6.09. The van der Waals surface area contributed by atoms with Crippen molar-refractivity contribution in [2.75, 3.05) is 13.6 Å². The van der Waals surface area contributed by atoms with E-state index in [0.717, 1.165) is 0 Å². The van der Waals surface area contributed by atoms with Crippen LogP contribution in [0.4, 0.5) is 0 Å². The Bertz CT molecular complexity index is 545. The first kappa shape index (κ1) is 13.3. The minimum Gasteiger partial charge on any atom is -0.374 e. The molecule has 1 aromatic rings. The van der Waals surface area contributed by atoms with Gasteiger partial charge in [-0.2, -0.15) is 5.10 Å². The van der Waals surface area contributed by atoms with Crippen LogP contribution in [0, 0.1) is 0 Å². The molecule has 0 bridgehead atoms. The number of ketones is 1. The highest BCUT2D eigenvalue weighted by atomic mass is 35.5. The van der Waals surface area contributed by atoms with Crippen molar-refractivity contribution < 1.29 is 9.90 Å². The highest BCUT2D eigenvalue weighted by molar-refractivity contribution is 6.38. The van der Waals surface area contributed by atoms with E-state index in [-0.39, 0.29) is 17.1 Å². The van der Waals surface area contributed by atoms with Gasteiger partial charge in [0, 0.05) is 17.6 Å². The molecule has 18 heavy (non-hydrogen) atoms. The van der Waals surface area contributed by atoms with E-state index in [9.17, 15) is 9.90 Å². The summed E-state index contributed by atoms with van der Waals surface area (Å²) in [6.45, 7) is 1.74. The fourth-order valence-electron chi connectivity index (χ4n) is 1.95. The Labute approximate surface area is 115 Å². The molecule has 0 aromatic heterocycles. The predicted molar refractivity (Wildman–Crippen MR) is 71.5 cm³/mol. The Balaban J connectivity index is 2.41. The largest absolute Gasteiger partial charge is 0.374 e. The standard InChI is InChI=1S/C12H12Cl2N2O2/c1-7-12(18,6-16(2)15-7)11(17)9-4-3-8(13)5-10(9)14/h3-5,18H,6H2,1-2H3. The van der Waals surface area contributed by atoms with E-state index >= 15 is 0 Å². The lowest BCUT2D eigenvalue weighted by Gasteiger charge is -2.22. The summed E-state index contributed by atoms with van der Waals surface area (Å²) in [7, 11) is 1.69. The number of carbonyl (C=O) groups excluding carboxylic acids is 1. The molecule has 0 spiro atoms. The van der Waals surface area contributed by atoms with Crippen LogP contribution < -0.4 is 0 Å². The molecule has 6 heteroatoms. The molecule has 0 saturated carbocycles. The second-order valence-electron chi connectivity index (χ2n) is 4.31. The molecule has 4 nitrogen and oxygen atoms in total. The Morgan fingerprint density at radius 1 is 1.50 bits per heavy atom. The maximum Gasteiger partial charge on any atom is 0.203 e. The predicted octanol–water partition coefficient (Wildman–Crippen LogP) is 2.23. The Morgan fingerprint density at radius 3 is 2.67 bits per heavy atom. The van der Waals surface area contributed by atoms with Crippen molar-refractivity contribution >= 4 is 34.7 Å². The molecule has 0 fully saturated rings. The number of aliphatic hydroxyl groups is 1. The summed E-state index contributed by atoms with van der Waals surface area (Å²) >= 11 is 11.8. The van der Waals surface area contributed by atoms with Gasteiger partial charge in [-0.3, -0.25) is 9.80 Å². The number of hydrazone groups is 1. The molecule has 1 heterocycles. The average molecular weight is 287 g/mol. The lowest BCUT2D eigenvalue weighted by molar-refractivity contribution is 0.0555. The van der Waals surface area contributed by atoms with Crippen LogP contribution in [0.1, 0.15) is 17.3 Å². The molecule has 1 N–H and O–H groups in total. The number of carbonyl (C=O) groups is 1. The van der Waals surface area contributed by atoms with E-state index in [1.807, 2.05) is 0 Å². The van der Waals surface area contributed by atoms with Crippen LogP contribution in [0.2, 0.25) is 10.0 Å². The summed E-state index contributed by atoms with van der Waals surface area (Å²) in [5.74, 6) is -0.463. The molecule has 2 rings (SSSR count). The summed E-state index contributed by atoms with van der Waals surface area (Å²) in [5, 5.41) is 16.7. The SMILES string of the molecule is CC1=NN(C)CC1(O)C(=O)c1ccc(Cl)cc1Cl. The van der Waals surface area contributed by atoms with Crippen LogP contribution in [-0.2, 0) is 0 Å². The number of Topliss-reactive ketones (excluding diaryl/α,β-unsaturated/α-hetero) is 1. The summed E-state index contributed by atoms with van der Waals surface area (Å²) in [6, 6.07) is 4.55. The molecule has 0 saturated heterocycles. The van der Waals surface area contributed by atoms with Crippen molar-refractivity contribution in [2.45, 2.75) is 12.5 Å². The van der Waals surface area contributed by atoms with Gasteiger partial charge in [-0.1, -0.05) is 23.2 Å². The molecule has 1 aromatic carbocycles. The molecule has 0 aliphatic carbocycles. The Hall–Kier alpha value is -1.10. The number of β-amino-alcohol motifs (C(OH)–C–C–N with tert-alkyl or cyclic N) is 1. The van der Waals surface area contributed by atoms with Crippen molar-refractivity contribution in [1.29, 1.82) is 0 Å². The van der Waals surface area contributed by atoms with Crippen molar-refractivity contribution in [2.24, 2.45) is 5.10 Å². The fourth-order valence-corrected chi connectivity index (χ4v) is 2.45. The maximum atomic E-state index is 12.4. The van der Waals surface area contributed by atoms with Gasteiger partial charge in [0.2, 0.25) is 5.78 Å². The van der Waals surface area contributed by atoms with Crippen LogP contribution >= 0.6 is 23.2 Å². The zero-order valence-electron chi connectivity index (χ0n) is 9.94. The third-order valence-electron chi connectivity index (χ3n) is 2.93. The number of benzene rings is 1. The van der Waals surface area contributed by atoms with E-state index in [0.29, 0.717) is 10.7 Å². The summed E-state index contributed by atoms with van der Waals surface area (Å²) in [5.41, 5.74) is -1.01. The second kappa shape index (κ2) is 4.53. The van der Waals surface area contributed by atoms with Gasteiger partial charge >= 0.3 is 0 Å². The lowest BCUT2D eigenvalue weighted by atomic mass is 9.89. The van der Waals surface area contributed by atoms with Gasteiger partial charge in [0.05, 0.1) is 17.3 Å². The van der Waals surface area contributed by atoms with Crippen LogP contribution in [0.5, 0.6) is 0 Å². The van der Waals surface area contributed by atoms with E-state index in [1.54, 1.807) is 20.0 Å². The van der Waals surface area contributed by atoms with Gasteiger partial charge in [0.15, 0.2) is 5.60 Å². The molecule has 96 valence electrons. The van der Waals surface area contributed by atoms with Gasteiger partial charge in [0.25, 0.3) is 0 Å². The third-order valence-corrected chi connectivity index (χ3v) is 3.48. The van der Waals surface area contributed by atoms with Crippen LogP contribution in [0.3, 0.4) is 0 Å². The van der Waals surface area contributed by atoms with Crippen molar-refractivity contribution in [1.82, 2.24) is 5.01 Å². The van der Waals surface area contributed by atoms with Crippen molar-refractivity contribution in [3.05, 3.63) is 33.8 Å². The highest BCUT2D eigenvalue weighted by Crippen LogP contribution is 2.28. The molecule has 1 unspecified atom stereocenters. The van der Waals surface area contributed by atoms with Gasteiger partial charge < -0.3 is 5.11 Å². The smallest absolute Gasteiger partial charge is 0.203 e. The van der Waals surface area contributed by atoms with Gasteiger partial charge in [-0.15, -0.1) is 0 Å². The second-order valence-corrected chi connectivity index (χ2v) is 5.16. The highest BCUT2D eigenvalue weighted by Gasteiger charge is 2.45. The monoisotopic (exact) mass is 286 g/mol. The maximum absolute atomic E-state index is 12.4. The molecular formula is C12H12Cl2N2O2. The number of hydrogen-bond donors (Lipinski definition) is 1. The topological polar surface area (TPSA) is 52.9 Å². The number of rotatable bonds is 2. The summed E-state index contributed by atoms with van der Waals surface area (Å²) in [6.07, 6.45) is 0. The van der Waals surface area contributed by atoms with Crippen LogP contribution in [-0.4, -0.2) is 40.8 Å². The number of halogens is 2. The number of likely N-dealkylation sites (N-methyl/N-ethyl adjacent to an activating group) is 1. The molecular weight excluding hydrogens is 275 g/mol. The zero-order chi connectivity index (χ0) is 13.5. The lowest BCUT2D eigenvalue weighted by Crippen LogP contribution is -2.47. The van der Waals surface area contributed by atoms with Gasteiger partial charge in [0.1, 0.15) is 0 Å². The van der Waals surface area contributed by atoms with Gasteiger partial charge in [-0.05, 0) is 25.1 Å². The number of hydrogen-bond acceptors (Lipinski definition) is 4. The van der Waals surface area contributed by atoms with E-state index in [2.05, 4.69) is 5.10 Å². The van der Waals surface area contributed by atoms with Crippen LogP contribution in [0.15, 0.2) is 23.3 Å². The van der Waals surface area contributed by atoms with Crippen molar-refractivity contribution in [3.63, 3.8) is 0 Å². The zero-order valence-corrected chi connectivity index (χ0v) is 11.5. The normalized spacial score (nSPS) is 23.2. The van der Waals surface area contributed by atoms with E-state index in [1.165, 1.54) is 17.1 Å². The van der Waals surface area contributed by atoms with Crippen LogP contribution in [0.25, 0.3) is 0 Å². The quantitative estimate of drug-likeness (QED) is 0.849. The Morgan fingerprint density at radius 2 is 2.17 bits per heavy atom. The first-order chi connectivity index (χ1) is 8.34. The van der Waals surface area contributed by atoms with E-state index < -0.39 is 11.4 Å². The fraction of sp³-hybridized carbons (Fsp3) is 0.333.